The molecule has 0 saturated carbocycles. The number of nitrogens with two attached hydrogens (primary N) is 1. The zero-order chi connectivity index (χ0) is 14.1. The first-order valence-electron chi connectivity index (χ1n) is 6.54. The van der Waals surface area contributed by atoms with Gasteiger partial charge in [-0.2, -0.15) is 0 Å². The van der Waals surface area contributed by atoms with Crippen molar-refractivity contribution in [3.63, 3.8) is 0 Å². The van der Waals surface area contributed by atoms with Crippen LogP contribution in [0, 0.1) is 0 Å². The number of anilines is 1. The Balaban J connectivity index is 2.40. The highest BCUT2D eigenvalue weighted by Gasteiger charge is 2.12. The van der Waals surface area contributed by atoms with Gasteiger partial charge < -0.3 is 20.9 Å². The van der Waals surface area contributed by atoms with Crippen LogP contribution in [0.2, 0.25) is 0 Å². The zero-order valence-electron chi connectivity index (χ0n) is 11.3. The first kappa shape index (κ1) is 15.3. The number of hydrogen-bond donors (Lipinski definition) is 3. The number of nitrogens with one attached hydrogen (secondary N) is 1. The van der Waals surface area contributed by atoms with E-state index >= 15 is 0 Å². The second kappa shape index (κ2) is 8.37. The number of alkyl carbamates (subject to hydrolysis) is 1. The van der Waals surface area contributed by atoms with Gasteiger partial charge in [-0.3, -0.25) is 0 Å². The Bertz CT molecular complexity index is 379. The average Bonchev–Trinajstić information content (AvgIpc) is 2.41. The Hall–Kier alpha value is -1.75. The van der Waals surface area contributed by atoms with E-state index < -0.39 is 6.09 Å². The van der Waals surface area contributed by atoms with E-state index in [1.165, 1.54) is 0 Å². The van der Waals surface area contributed by atoms with E-state index in [0.717, 1.165) is 18.4 Å². The molecular weight excluding hydrogens is 244 g/mol. The van der Waals surface area contributed by atoms with Crippen LogP contribution >= 0.6 is 0 Å². The molecule has 0 aromatic heterocycles. The summed E-state index contributed by atoms with van der Waals surface area (Å²) >= 11 is 0. The number of carbonyl (C=O) groups excluding carboxylic acids is 1. The lowest BCUT2D eigenvalue weighted by Gasteiger charge is -2.16. The monoisotopic (exact) mass is 266 g/mol. The van der Waals surface area contributed by atoms with Gasteiger partial charge in [0.2, 0.25) is 0 Å². The van der Waals surface area contributed by atoms with Crippen molar-refractivity contribution in [3.8, 4) is 0 Å². The third-order valence-corrected chi connectivity index (χ3v) is 2.74. The Labute approximate surface area is 113 Å². The first-order valence-corrected chi connectivity index (χ1v) is 6.54. The number of hydrogen-bond acceptors (Lipinski definition) is 4. The average molecular weight is 266 g/mol. The first-order chi connectivity index (χ1) is 9.15. The van der Waals surface area contributed by atoms with Gasteiger partial charge in [-0.15, -0.1) is 0 Å². The maximum Gasteiger partial charge on any atom is 0.407 e. The maximum absolute atomic E-state index is 11.5. The van der Waals surface area contributed by atoms with Gasteiger partial charge in [-0.25, -0.2) is 4.79 Å². The predicted molar refractivity (Wildman–Crippen MR) is 74.8 cm³/mol. The van der Waals surface area contributed by atoms with E-state index in [0.29, 0.717) is 18.7 Å². The number of carbonyl (C=O) groups is 1. The molecule has 0 heterocycles. The van der Waals surface area contributed by atoms with Crippen molar-refractivity contribution in [2.24, 2.45) is 0 Å². The number of aliphatic hydroxyl groups is 1. The van der Waals surface area contributed by atoms with Crippen molar-refractivity contribution in [1.82, 2.24) is 5.32 Å². The van der Waals surface area contributed by atoms with Crippen LogP contribution in [-0.2, 0) is 11.2 Å². The van der Waals surface area contributed by atoms with Gasteiger partial charge in [0.1, 0.15) is 0 Å². The number of ether oxygens (including phenoxy) is 1. The number of nitrogen functional groups attached to an aromatic ring is 1. The SMILES string of the molecule is CCCCOC(=O)N[C@@H](CO)Cc1ccc(N)cc1. The summed E-state index contributed by atoms with van der Waals surface area (Å²) in [6, 6.07) is 6.99. The fourth-order valence-corrected chi connectivity index (χ4v) is 1.62. The molecule has 4 N–H and O–H groups in total. The summed E-state index contributed by atoms with van der Waals surface area (Å²) in [5.74, 6) is 0. The van der Waals surface area contributed by atoms with Crippen LogP contribution in [0.15, 0.2) is 24.3 Å². The molecule has 0 aliphatic rings. The number of rotatable bonds is 7. The third-order valence-electron chi connectivity index (χ3n) is 2.74. The smallest absolute Gasteiger partial charge is 0.407 e. The molecule has 0 unspecified atom stereocenters. The molecule has 1 atom stereocenters. The van der Waals surface area contributed by atoms with Crippen molar-refractivity contribution >= 4 is 11.8 Å². The Morgan fingerprint density at radius 1 is 1.42 bits per heavy atom. The van der Waals surface area contributed by atoms with E-state index in [9.17, 15) is 9.90 Å². The molecule has 0 saturated heterocycles. The number of unbranched alkanes of at least 4 members (excludes halogenated alkanes) is 1. The molecule has 106 valence electrons. The summed E-state index contributed by atoms with van der Waals surface area (Å²) in [5.41, 5.74) is 7.29. The largest absolute Gasteiger partial charge is 0.450 e. The highest BCUT2D eigenvalue weighted by Crippen LogP contribution is 2.08. The fourth-order valence-electron chi connectivity index (χ4n) is 1.62. The van der Waals surface area contributed by atoms with Gasteiger partial charge in [0.25, 0.3) is 0 Å². The van der Waals surface area contributed by atoms with E-state index in [1.807, 2.05) is 19.1 Å². The highest BCUT2D eigenvalue weighted by molar-refractivity contribution is 5.67. The molecule has 0 spiro atoms. The standard InChI is InChI=1S/C14H22N2O3/c1-2-3-8-19-14(18)16-13(10-17)9-11-4-6-12(15)7-5-11/h4-7,13,17H,2-3,8-10,15H2,1H3,(H,16,18)/t13-/m1/s1. The van der Waals surface area contributed by atoms with Gasteiger partial charge in [-0.05, 0) is 30.5 Å². The van der Waals surface area contributed by atoms with E-state index in [1.54, 1.807) is 12.1 Å². The molecule has 0 aliphatic heterocycles. The molecule has 1 amide bonds. The lowest BCUT2D eigenvalue weighted by molar-refractivity contribution is 0.134. The molecule has 0 aliphatic carbocycles. The minimum absolute atomic E-state index is 0.132. The van der Waals surface area contributed by atoms with Crippen LogP contribution in [0.4, 0.5) is 10.5 Å². The zero-order valence-corrected chi connectivity index (χ0v) is 11.3. The molecule has 0 fully saturated rings. The molecule has 5 nitrogen and oxygen atoms in total. The number of benzene rings is 1. The molecule has 1 aromatic carbocycles. The Morgan fingerprint density at radius 3 is 2.68 bits per heavy atom. The maximum atomic E-state index is 11.5. The Morgan fingerprint density at radius 2 is 2.11 bits per heavy atom. The summed E-state index contributed by atoms with van der Waals surface area (Å²) in [5, 5.41) is 11.9. The summed E-state index contributed by atoms with van der Waals surface area (Å²) in [7, 11) is 0. The molecule has 0 bridgehead atoms. The van der Waals surface area contributed by atoms with Gasteiger partial charge in [0.15, 0.2) is 0 Å². The normalized spacial score (nSPS) is 11.9. The van der Waals surface area contributed by atoms with Crippen LogP contribution in [-0.4, -0.2) is 30.5 Å². The molecule has 1 rings (SSSR count). The topological polar surface area (TPSA) is 84.6 Å². The van der Waals surface area contributed by atoms with Crippen LogP contribution in [0.1, 0.15) is 25.3 Å². The van der Waals surface area contributed by atoms with Gasteiger partial charge in [-0.1, -0.05) is 25.5 Å². The molecule has 0 radical (unpaired) electrons. The van der Waals surface area contributed by atoms with Crippen molar-refractivity contribution in [2.45, 2.75) is 32.2 Å². The highest BCUT2D eigenvalue weighted by atomic mass is 16.5. The summed E-state index contributed by atoms with van der Waals surface area (Å²) in [6.45, 7) is 2.30. The van der Waals surface area contributed by atoms with Gasteiger partial charge in [0, 0.05) is 5.69 Å². The van der Waals surface area contributed by atoms with E-state index in [4.69, 9.17) is 10.5 Å². The van der Waals surface area contributed by atoms with Crippen LogP contribution in [0.5, 0.6) is 0 Å². The quantitative estimate of drug-likeness (QED) is 0.518. The molecule has 1 aromatic rings. The summed E-state index contributed by atoms with van der Waals surface area (Å²) in [4.78, 5) is 11.5. The van der Waals surface area contributed by atoms with E-state index in [-0.39, 0.29) is 12.6 Å². The van der Waals surface area contributed by atoms with Crippen LogP contribution in [0.25, 0.3) is 0 Å². The van der Waals surface area contributed by atoms with Crippen LogP contribution < -0.4 is 11.1 Å². The Kier molecular flexibility index (Phi) is 6.74. The van der Waals surface area contributed by atoms with Crippen LogP contribution in [0.3, 0.4) is 0 Å². The van der Waals surface area contributed by atoms with E-state index in [2.05, 4.69) is 5.32 Å². The summed E-state index contributed by atoms with van der Waals surface area (Å²) < 4.78 is 4.99. The molecule has 5 heteroatoms. The van der Waals surface area contributed by atoms with Crippen molar-refractivity contribution < 1.29 is 14.6 Å². The van der Waals surface area contributed by atoms with Gasteiger partial charge >= 0.3 is 6.09 Å². The predicted octanol–water partition coefficient (Wildman–Crippen LogP) is 1.70. The number of aliphatic hydroxyl groups excluding tert-OH is 1. The van der Waals surface area contributed by atoms with Gasteiger partial charge in [0.05, 0.1) is 19.3 Å². The molecular formula is C14H22N2O3. The van der Waals surface area contributed by atoms with Crippen molar-refractivity contribution in [1.29, 1.82) is 0 Å². The second-order valence-electron chi connectivity index (χ2n) is 4.46. The lowest BCUT2D eigenvalue weighted by atomic mass is 10.1. The lowest BCUT2D eigenvalue weighted by Crippen LogP contribution is -2.39. The molecule has 19 heavy (non-hydrogen) atoms. The second-order valence-corrected chi connectivity index (χ2v) is 4.46. The van der Waals surface area contributed by atoms with Crippen molar-refractivity contribution in [2.75, 3.05) is 18.9 Å². The minimum atomic E-state index is -0.483. The number of amides is 1. The summed E-state index contributed by atoms with van der Waals surface area (Å²) in [6.07, 6.45) is 1.87. The van der Waals surface area contributed by atoms with Crippen molar-refractivity contribution in [3.05, 3.63) is 29.8 Å². The fraction of sp³-hybridized carbons (Fsp3) is 0.500. The third kappa shape index (κ3) is 6.10. The minimum Gasteiger partial charge on any atom is -0.450 e.